The van der Waals surface area contributed by atoms with Crippen LogP contribution in [-0.4, -0.2) is 29.7 Å². The number of urea groups is 1. The first-order chi connectivity index (χ1) is 9.04. The fraction of sp³-hybridized carbons (Fsp3) is 0.714. The van der Waals surface area contributed by atoms with Gasteiger partial charge in [-0.05, 0) is 31.1 Å². The first kappa shape index (κ1) is 13.9. The summed E-state index contributed by atoms with van der Waals surface area (Å²) >= 11 is 0. The van der Waals surface area contributed by atoms with Crippen LogP contribution in [0.3, 0.4) is 0 Å². The van der Waals surface area contributed by atoms with Gasteiger partial charge in [0.1, 0.15) is 0 Å². The normalized spacial score (nSPS) is 27.6. The Morgan fingerprint density at radius 1 is 1.37 bits per heavy atom. The lowest BCUT2D eigenvalue weighted by Crippen LogP contribution is -2.47. The Labute approximate surface area is 113 Å². The number of carbonyl (C=O) groups is 2. The number of hydrogen-bond donors (Lipinski definition) is 3. The van der Waals surface area contributed by atoms with Crippen molar-refractivity contribution < 1.29 is 14.7 Å². The number of carbonyl (C=O) groups excluding carboxylic acids is 1. The number of carboxylic acid groups (broad SMARTS) is 1. The van der Waals surface area contributed by atoms with Crippen LogP contribution in [-0.2, 0) is 4.79 Å². The van der Waals surface area contributed by atoms with Gasteiger partial charge in [-0.15, -0.1) is 0 Å². The van der Waals surface area contributed by atoms with Crippen molar-refractivity contribution in [3.63, 3.8) is 0 Å². The summed E-state index contributed by atoms with van der Waals surface area (Å²) in [7, 11) is 0. The summed E-state index contributed by atoms with van der Waals surface area (Å²) in [4.78, 5) is 22.6. The summed E-state index contributed by atoms with van der Waals surface area (Å²) in [6.07, 6.45) is 8.58. The van der Waals surface area contributed by atoms with E-state index in [0.29, 0.717) is 18.4 Å². The molecule has 2 amide bonds. The molecular formula is C14H22N2O3. The molecule has 0 aromatic rings. The molecule has 2 unspecified atom stereocenters. The van der Waals surface area contributed by atoms with Gasteiger partial charge in [-0.3, -0.25) is 4.79 Å². The Kier molecular flexibility index (Phi) is 4.12. The molecule has 3 N–H and O–H groups in total. The molecule has 0 saturated heterocycles. The van der Waals surface area contributed by atoms with Crippen LogP contribution in [0.2, 0.25) is 0 Å². The van der Waals surface area contributed by atoms with Crippen LogP contribution in [0.5, 0.6) is 0 Å². The van der Waals surface area contributed by atoms with Gasteiger partial charge in [0.25, 0.3) is 0 Å². The number of amides is 2. The van der Waals surface area contributed by atoms with Crippen LogP contribution in [0.1, 0.15) is 39.0 Å². The van der Waals surface area contributed by atoms with Crippen molar-refractivity contribution in [2.24, 2.45) is 11.3 Å². The lowest BCUT2D eigenvalue weighted by atomic mass is 9.67. The molecule has 0 bridgehead atoms. The topological polar surface area (TPSA) is 78.4 Å². The van der Waals surface area contributed by atoms with Crippen LogP contribution in [0.4, 0.5) is 4.79 Å². The quantitative estimate of drug-likeness (QED) is 0.665. The standard InChI is InChI=1S/C14H22N2O3/c1-2-14(6-3-7-14)9-15-13(19)16-11-5-4-10(8-11)12(17)18/h4-5,10-11H,2-3,6-9H2,1H3,(H,17,18)(H2,15,16,19). The van der Waals surface area contributed by atoms with Crippen LogP contribution in [0, 0.1) is 11.3 Å². The lowest BCUT2D eigenvalue weighted by molar-refractivity contribution is -0.140. The SMILES string of the molecule is CCC1(CNC(=O)NC2C=CC(C(=O)O)C2)CCC1. The maximum atomic E-state index is 11.8. The summed E-state index contributed by atoms with van der Waals surface area (Å²) in [6, 6.07) is -0.361. The van der Waals surface area contributed by atoms with Gasteiger partial charge in [0.05, 0.1) is 12.0 Å². The third-order valence-corrected chi connectivity index (χ3v) is 4.51. The molecular weight excluding hydrogens is 244 g/mol. The second kappa shape index (κ2) is 5.63. The van der Waals surface area contributed by atoms with E-state index < -0.39 is 11.9 Å². The van der Waals surface area contributed by atoms with Crippen molar-refractivity contribution in [1.29, 1.82) is 0 Å². The first-order valence-corrected chi connectivity index (χ1v) is 7.00. The third kappa shape index (κ3) is 3.28. The molecule has 0 spiro atoms. The van der Waals surface area contributed by atoms with Gasteiger partial charge in [0, 0.05) is 6.54 Å². The minimum atomic E-state index is -0.833. The smallest absolute Gasteiger partial charge is 0.315 e. The number of rotatable bonds is 5. The molecule has 0 aliphatic heterocycles. The van der Waals surface area contributed by atoms with Gasteiger partial charge in [-0.2, -0.15) is 0 Å². The van der Waals surface area contributed by atoms with E-state index in [-0.39, 0.29) is 12.1 Å². The van der Waals surface area contributed by atoms with Crippen molar-refractivity contribution in [3.05, 3.63) is 12.2 Å². The van der Waals surface area contributed by atoms with E-state index >= 15 is 0 Å². The minimum Gasteiger partial charge on any atom is -0.481 e. The molecule has 2 atom stereocenters. The van der Waals surface area contributed by atoms with E-state index in [0.717, 1.165) is 6.42 Å². The highest BCUT2D eigenvalue weighted by atomic mass is 16.4. The maximum absolute atomic E-state index is 11.8. The van der Waals surface area contributed by atoms with E-state index in [1.165, 1.54) is 19.3 Å². The number of aliphatic carboxylic acids is 1. The number of nitrogens with one attached hydrogen (secondary N) is 2. The molecule has 5 heteroatoms. The van der Waals surface area contributed by atoms with Gasteiger partial charge in [-0.25, -0.2) is 4.79 Å². The van der Waals surface area contributed by atoms with Crippen LogP contribution in [0.25, 0.3) is 0 Å². The number of carboxylic acids is 1. The maximum Gasteiger partial charge on any atom is 0.315 e. The zero-order chi connectivity index (χ0) is 13.9. The number of hydrogen-bond acceptors (Lipinski definition) is 2. The van der Waals surface area contributed by atoms with Gasteiger partial charge < -0.3 is 15.7 Å². The molecule has 1 fully saturated rings. The van der Waals surface area contributed by atoms with E-state index in [4.69, 9.17) is 5.11 Å². The van der Waals surface area contributed by atoms with Crippen LogP contribution < -0.4 is 10.6 Å². The van der Waals surface area contributed by atoms with E-state index in [9.17, 15) is 9.59 Å². The fourth-order valence-corrected chi connectivity index (χ4v) is 2.81. The molecule has 0 heterocycles. The Morgan fingerprint density at radius 3 is 2.58 bits per heavy atom. The summed E-state index contributed by atoms with van der Waals surface area (Å²) in [5.74, 6) is -1.31. The predicted octanol–water partition coefficient (Wildman–Crippen LogP) is 1.90. The average molecular weight is 266 g/mol. The van der Waals surface area contributed by atoms with Crippen molar-refractivity contribution in [3.8, 4) is 0 Å². The van der Waals surface area contributed by atoms with Crippen molar-refractivity contribution in [1.82, 2.24) is 10.6 Å². The summed E-state index contributed by atoms with van der Waals surface area (Å²) in [5, 5.41) is 14.6. The third-order valence-electron chi connectivity index (χ3n) is 4.51. The van der Waals surface area contributed by atoms with Crippen molar-refractivity contribution in [2.45, 2.75) is 45.1 Å². The highest BCUT2D eigenvalue weighted by Gasteiger charge is 2.35. The molecule has 1 saturated carbocycles. The molecule has 2 aliphatic carbocycles. The molecule has 2 aliphatic rings. The summed E-state index contributed by atoms with van der Waals surface area (Å²) in [6.45, 7) is 2.88. The largest absolute Gasteiger partial charge is 0.481 e. The zero-order valence-corrected chi connectivity index (χ0v) is 11.3. The van der Waals surface area contributed by atoms with E-state index in [1.54, 1.807) is 12.2 Å². The average Bonchev–Trinajstić information content (AvgIpc) is 2.77. The molecule has 0 aromatic carbocycles. The van der Waals surface area contributed by atoms with Crippen LogP contribution in [0.15, 0.2) is 12.2 Å². The second-order valence-electron chi connectivity index (χ2n) is 5.71. The highest BCUT2D eigenvalue weighted by molar-refractivity contribution is 5.76. The monoisotopic (exact) mass is 266 g/mol. The second-order valence-corrected chi connectivity index (χ2v) is 5.71. The van der Waals surface area contributed by atoms with Gasteiger partial charge in [0.15, 0.2) is 0 Å². The predicted molar refractivity (Wildman–Crippen MR) is 71.8 cm³/mol. The fourth-order valence-electron chi connectivity index (χ4n) is 2.81. The first-order valence-electron chi connectivity index (χ1n) is 7.00. The summed E-state index contributed by atoms with van der Waals surface area (Å²) in [5.41, 5.74) is 0.298. The summed E-state index contributed by atoms with van der Waals surface area (Å²) < 4.78 is 0. The van der Waals surface area contributed by atoms with E-state index in [2.05, 4.69) is 17.6 Å². The zero-order valence-electron chi connectivity index (χ0n) is 11.3. The molecule has 5 nitrogen and oxygen atoms in total. The van der Waals surface area contributed by atoms with Gasteiger partial charge in [-0.1, -0.05) is 25.5 Å². The lowest BCUT2D eigenvalue weighted by Gasteiger charge is -2.41. The molecule has 2 rings (SSSR count). The van der Waals surface area contributed by atoms with Crippen molar-refractivity contribution in [2.75, 3.05) is 6.54 Å². The molecule has 0 aromatic heterocycles. The minimum absolute atomic E-state index is 0.167. The Morgan fingerprint density at radius 2 is 2.11 bits per heavy atom. The van der Waals surface area contributed by atoms with Gasteiger partial charge >= 0.3 is 12.0 Å². The van der Waals surface area contributed by atoms with Crippen LogP contribution >= 0.6 is 0 Å². The molecule has 19 heavy (non-hydrogen) atoms. The highest BCUT2D eigenvalue weighted by Crippen LogP contribution is 2.42. The Hall–Kier alpha value is -1.52. The van der Waals surface area contributed by atoms with E-state index in [1.807, 2.05) is 0 Å². The van der Waals surface area contributed by atoms with Crippen molar-refractivity contribution >= 4 is 12.0 Å². The molecule has 106 valence electrons. The van der Waals surface area contributed by atoms with Gasteiger partial charge in [0.2, 0.25) is 0 Å². The Bertz CT molecular complexity index is 383. The molecule has 0 radical (unpaired) electrons. The Balaban J connectivity index is 1.71.